The minimum atomic E-state index is -0.762. The average Bonchev–Trinajstić information content (AvgIpc) is 2.91. The number of carbonyl (C=O) groups excluding carboxylic acids is 1. The molecule has 3 nitrogen and oxygen atoms in total. The fourth-order valence-corrected chi connectivity index (χ4v) is 2.92. The number of thiophene rings is 1. The molecule has 0 spiro atoms. The minimum Gasteiger partial charge on any atom is -0.350 e. The van der Waals surface area contributed by atoms with Gasteiger partial charge in [-0.15, -0.1) is 11.3 Å². The van der Waals surface area contributed by atoms with Crippen molar-refractivity contribution < 1.29 is 13.6 Å². The highest BCUT2D eigenvalue weighted by Crippen LogP contribution is 2.22. The smallest absolute Gasteiger partial charge is 0.251 e. The highest BCUT2D eigenvalue weighted by atomic mass is 32.1. The van der Waals surface area contributed by atoms with Crippen molar-refractivity contribution in [1.82, 2.24) is 10.2 Å². The zero-order chi connectivity index (χ0) is 15.4. The van der Waals surface area contributed by atoms with Crippen LogP contribution in [0.4, 0.5) is 8.78 Å². The van der Waals surface area contributed by atoms with Gasteiger partial charge in [0.05, 0.1) is 6.04 Å². The van der Waals surface area contributed by atoms with Gasteiger partial charge in [0.15, 0.2) is 0 Å². The summed E-state index contributed by atoms with van der Waals surface area (Å²) >= 11 is 1.60. The van der Waals surface area contributed by atoms with Crippen molar-refractivity contribution in [3.63, 3.8) is 0 Å². The van der Waals surface area contributed by atoms with Gasteiger partial charge in [0.1, 0.15) is 11.6 Å². The predicted molar refractivity (Wildman–Crippen MR) is 79.4 cm³/mol. The van der Waals surface area contributed by atoms with Gasteiger partial charge in [-0.3, -0.25) is 4.79 Å². The second kappa shape index (κ2) is 6.78. The zero-order valence-electron chi connectivity index (χ0n) is 11.8. The number of halogens is 2. The lowest BCUT2D eigenvalue weighted by atomic mass is 10.1. The molecule has 1 unspecified atom stereocenters. The van der Waals surface area contributed by atoms with Gasteiger partial charge < -0.3 is 10.2 Å². The Kier molecular flexibility index (Phi) is 5.03. The Labute approximate surface area is 126 Å². The molecule has 0 fully saturated rings. The molecule has 1 heterocycles. The number of hydrogen-bond acceptors (Lipinski definition) is 3. The van der Waals surface area contributed by atoms with Gasteiger partial charge in [-0.2, -0.15) is 0 Å². The number of rotatable bonds is 5. The van der Waals surface area contributed by atoms with E-state index in [1.165, 1.54) is 0 Å². The molecule has 2 aromatic rings. The average molecular weight is 310 g/mol. The van der Waals surface area contributed by atoms with Gasteiger partial charge in [0, 0.05) is 23.1 Å². The lowest BCUT2D eigenvalue weighted by Gasteiger charge is -2.23. The second-order valence-corrected chi connectivity index (χ2v) is 5.84. The van der Waals surface area contributed by atoms with Gasteiger partial charge in [-0.05, 0) is 37.7 Å². The fourth-order valence-electron chi connectivity index (χ4n) is 1.99. The number of amides is 1. The summed E-state index contributed by atoms with van der Waals surface area (Å²) in [6, 6.07) is 6.74. The van der Waals surface area contributed by atoms with Crippen molar-refractivity contribution in [3.05, 3.63) is 57.8 Å². The topological polar surface area (TPSA) is 32.3 Å². The Hall–Kier alpha value is -1.79. The molecule has 0 aliphatic carbocycles. The van der Waals surface area contributed by atoms with Crippen LogP contribution in [0.2, 0.25) is 0 Å². The van der Waals surface area contributed by atoms with E-state index in [0.717, 1.165) is 23.1 Å². The second-order valence-electron chi connectivity index (χ2n) is 4.86. The van der Waals surface area contributed by atoms with Crippen LogP contribution in [0.25, 0.3) is 0 Å². The standard InChI is InChI=1S/C15H16F2N2OS/c1-19(2)13(14-4-3-5-21-14)9-18-15(20)10-6-11(16)8-12(17)7-10/h3-8,13H,9H2,1-2H3,(H,18,20). The largest absolute Gasteiger partial charge is 0.350 e. The van der Waals surface area contributed by atoms with E-state index < -0.39 is 17.5 Å². The molecule has 0 aliphatic rings. The molecule has 112 valence electrons. The Morgan fingerprint density at radius 3 is 2.48 bits per heavy atom. The Morgan fingerprint density at radius 1 is 1.29 bits per heavy atom. The van der Waals surface area contributed by atoms with Crippen LogP contribution in [0.1, 0.15) is 21.3 Å². The molecule has 1 amide bonds. The molecule has 0 saturated heterocycles. The van der Waals surface area contributed by atoms with Gasteiger partial charge >= 0.3 is 0 Å². The highest BCUT2D eigenvalue weighted by Gasteiger charge is 2.17. The highest BCUT2D eigenvalue weighted by molar-refractivity contribution is 7.10. The maximum atomic E-state index is 13.1. The zero-order valence-corrected chi connectivity index (χ0v) is 12.6. The number of nitrogens with zero attached hydrogens (tertiary/aromatic N) is 1. The van der Waals surface area contributed by atoms with E-state index in [1.807, 2.05) is 36.5 Å². The van der Waals surface area contributed by atoms with Crippen LogP contribution in [0, 0.1) is 11.6 Å². The van der Waals surface area contributed by atoms with Crippen molar-refractivity contribution >= 4 is 17.2 Å². The first kappa shape index (κ1) is 15.6. The Bertz CT molecular complexity index is 594. The van der Waals surface area contributed by atoms with Gasteiger partial charge in [-0.25, -0.2) is 8.78 Å². The van der Waals surface area contributed by atoms with Gasteiger partial charge in [0.25, 0.3) is 5.91 Å². The third-order valence-electron chi connectivity index (χ3n) is 3.08. The molecule has 6 heteroatoms. The van der Waals surface area contributed by atoms with Crippen LogP contribution < -0.4 is 5.32 Å². The summed E-state index contributed by atoms with van der Waals surface area (Å²) in [4.78, 5) is 15.1. The molecule has 2 rings (SSSR count). The van der Waals surface area contributed by atoms with E-state index in [9.17, 15) is 13.6 Å². The summed E-state index contributed by atoms with van der Waals surface area (Å²) in [5.74, 6) is -2.01. The third kappa shape index (κ3) is 4.09. The molecule has 0 radical (unpaired) electrons. The molecule has 1 aromatic carbocycles. The van der Waals surface area contributed by atoms with E-state index >= 15 is 0 Å². The summed E-state index contributed by atoms with van der Waals surface area (Å²) in [5, 5.41) is 4.68. The van der Waals surface area contributed by atoms with Gasteiger partial charge in [0.2, 0.25) is 0 Å². The summed E-state index contributed by atoms with van der Waals surface area (Å²) in [7, 11) is 3.83. The van der Waals surface area contributed by atoms with E-state index in [1.54, 1.807) is 11.3 Å². The first-order valence-corrected chi connectivity index (χ1v) is 7.29. The minimum absolute atomic E-state index is 0.0174. The Balaban J connectivity index is 2.05. The molecular formula is C15H16F2N2OS. The van der Waals surface area contributed by atoms with Crippen LogP contribution in [0.15, 0.2) is 35.7 Å². The monoisotopic (exact) mass is 310 g/mol. The van der Waals surface area contributed by atoms with E-state index in [0.29, 0.717) is 6.54 Å². The van der Waals surface area contributed by atoms with Crippen LogP contribution in [-0.2, 0) is 0 Å². The van der Waals surface area contributed by atoms with E-state index in [-0.39, 0.29) is 11.6 Å². The lowest BCUT2D eigenvalue weighted by molar-refractivity contribution is 0.0941. The lowest BCUT2D eigenvalue weighted by Crippen LogP contribution is -2.34. The van der Waals surface area contributed by atoms with Crippen LogP contribution in [0.5, 0.6) is 0 Å². The molecule has 1 N–H and O–H groups in total. The van der Waals surface area contributed by atoms with Crippen molar-refractivity contribution in [2.45, 2.75) is 6.04 Å². The van der Waals surface area contributed by atoms with E-state index in [4.69, 9.17) is 0 Å². The molecule has 1 aromatic heterocycles. The SMILES string of the molecule is CN(C)C(CNC(=O)c1cc(F)cc(F)c1)c1cccs1. The molecule has 0 saturated carbocycles. The molecular weight excluding hydrogens is 294 g/mol. The van der Waals surface area contributed by atoms with Crippen LogP contribution in [0.3, 0.4) is 0 Å². The maximum Gasteiger partial charge on any atom is 0.251 e. The van der Waals surface area contributed by atoms with E-state index in [2.05, 4.69) is 5.32 Å². The maximum absolute atomic E-state index is 13.1. The predicted octanol–water partition coefficient (Wildman–Crippen LogP) is 3.06. The molecule has 21 heavy (non-hydrogen) atoms. The third-order valence-corrected chi connectivity index (χ3v) is 4.05. The summed E-state index contributed by atoms with van der Waals surface area (Å²) < 4.78 is 26.2. The van der Waals surface area contributed by atoms with Crippen molar-refractivity contribution in [2.75, 3.05) is 20.6 Å². The first-order valence-electron chi connectivity index (χ1n) is 6.41. The Morgan fingerprint density at radius 2 is 1.95 bits per heavy atom. The quantitative estimate of drug-likeness (QED) is 0.920. The number of hydrogen-bond donors (Lipinski definition) is 1. The van der Waals surface area contributed by atoms with Gasteiger partial charge in [-0.1, -0.05) is 6.07 Å². The normalized spacial score (nSPS) is 12.4. The summed E-state index contributed by atoms with van der Waals surface area (Å²) in [5.41, 5.74) is -0.0174. The first-order chi connectivity index (χ1) is 9.97. The number of carbonyl (C=O) groups is 1. The summed E-state index contributed by atoms with van der Waals surface area (Å²) in [6.45, 7) is 0.366. The number of nitrogens with one attached hydrogen (secondary N) is 1. The van der Waals surface area contributed by atoms with Crippen LogP contribution >= 0.6 is 11.3 Å². The summed E-state index contributed by atoms with van der Waals surface area (Å²) in [6.07, 6.45) is 0. The van der Waals surface area contributed by atoms with Crippen molar-refractivity contribution in [2.24, 2.45) is 0 Å². The molecule has 0 bridgehead atoms. The molecule has 0 aliphatic heterocycles. The number of likely N-dealkylation sites (N-methyl/N-ethyl adjacent to an activating group) is 1. The molecule has 1 atom stereocenters. The number of benzene rings is 1. The van der Waals surface area contributed by atoms with Crippen molar-refractivity contribution in [3.8, 4) is 0 Å². The fraction of sp³-hybridized carbons (Fsp3) is 0.267. The van der Waals surface area contributed by atoms with Crippen LogP contribution in [-0.4, -0.2) is 31.4 Å². The van der Waals surface area contributed by atoms with Crippen molar-refractivity contribution in [1.29, 1.82) is 0 Å².